The lowest BCUT2D eigenvalue weighted by Gasteiger charge is -2.07. The summed E-state index contributed by atoms with van der Waals surface area (Å²) >= 11 is 6.74. The zero-order chi connectivity index (χ0) is 17.5. The van der Waals surface area contributed by atoms with Crippen LogP contribution in [0.3, 0.4) is 0 Å². The number of carbonyl (C=O) groups is 1. The molecule has 0 heterocycles. The van der Waals surface area contributed by atoms with E-state index in [4.69, 9.17) is 0 Å². The molecule has 9 heteroatoms. The quantitative estimate of drug-likeness (QED) is 0.394. The number of non-ortho nitro benzene ring substituents is 1. The van der Waals surface area contributed by atoms with E-state index in [1.165, 1.54) is 18.3 Å². The average Bonchev–Trinajstić information content (AvgIpc) is 2.54. The van der Waals surface area contributed by atoms with Crippen molar-refractivity contribution in [1.82, 2.24) is 5.43 Å². The van der Waals surface area contributed by atoms with Crippen LogP contribution < -0.4 is 10.7 Å². The Hall–Kier alpha value is -2.26. The number of halogens is 2. The number of rotatable bonds is 6. The molecule has 24 heavy (non-hydrogen) atoms. The van der Waals surface area contributed by atoms with Crippen LogP contribution in [0.1, 0.15) is 5.56 Å². The lowest BCUT2D eigenvalue weighted by Crippen LogP contribution is -2.26. The minimum atomic E-state index is -0.490. The lowest BCUT2D eigenvalue weighted by atomic mass is 10.2. The molecule has 0 atom stereocenters. The summed E-state index contributed by atoms with van der Waals surface area (Å²) < 4.78 is 1.75. The Morgan fingerprint density at radius 1 is 1.25 bits per heavy atom. The molecule has 0 bridgehead atoms. The predicted octanol–water partition coefficient (Wildman–Crippen LogP) is 3.68. The number of nitro benzene ring substituents is 1. The molecule has 0 fully saturated rings. The second-order valence-electron chi connectivity index (χ2n) is 4.62. The summed E-state index contributed by atoms with van der Waals surface area (Å²) in [7, 11) is 0. The largest absolute Gasteiger partial charge is 0.375 e. The normalized spacial score (nSPS) is 10.6. The standard InChI is InChI=1S/C15H12Br2N4O3/c16-11-4-5-14(13(17)7-11)18-9-15(22)20-19-8-10-2-1-3-12(6-10)21(23)24/h1-8,18H,9H2,(H,20,22)/b19-8-. The van der Waals surface area contributed by atoms with Crippen molar-refractivity contribution in [2.75, 3.05) is 11.9 Å². The van der Waals surface area contributed by atoms with E-state index >= 15 is 0 Å². The lowest BCUT2D eigenvalue weighted by molar-refractivity contribution is -0.384. The fraction of sp³-hybridized carbons (Fsp3) is 0.0667. The molecule has 0 spiro atoms. The van der Waals surface area contributed by atoms with Gasteiger partial charge in [-0.3, -0.25) is 14.9 Å². The van der Waals surface area contributed by atoms with Crippen LogP contribution in [0.15, 0.2) is 56.5 Å². The van der Waals surface area contributed by atoms with Gasteiger partial charge in [0.15, 0.2) is 0 Å². The van der Waals surface area contributed by atoms with Gasteiger partial charge < -0.3 is 5.32 Å². The number of hydrazone groups is 1. The molecule has 0 aliphatic heterocycles. The van der Waals surface area contributed by atoms with Crippen LogP contribution in [0.4, 0.5) is 11.4 Å². The van der Waals surface area contributed by atoms with E-state index in [1.807, 2.05) is 18.2 Å². The summed E-state index contributed by atoms with van der Waals surface area (Å²) in [6.07, 6.45) is 1.35. The predicted molar refractivity (Wildman–Crippen MR) is 99.2 cm³/mol. The van der Waals surface area contributed by atoms with Crippen LogP contribution in [0.2, 0.25) is 0 Å². The number of nitrogens with one attached hydrogen (secondary N) is 2. The molecule has 0 saturated heterocycles. The molecule has 0 radical (unpaired) electrons. The van der Waals surface area contributed by atoms with Crippen LogP contribution in [-0.2, 0) is 4.79 Å². The number of hydrogen-bond donors (Lipinski definition) is 2. The van der Waals surface area contributed by atoms with Crippen LogP contribution in [0, 0.1) is 10.1 Å². The molecule has 0 saturated carbocycles. The third-order valence-corrected chi connectivity index (χ3v) is 4.00. The van der Waals surface area contributed by atoms with Gasteiger partial charge in [-0.2, -0.15) is 5.10 Å². The Labute approximate surface area is 154 Å². The van der Waals surface area contributed by atoms with E-state index in [-0.39, 0.29) is 18.1 Å². The number of anilines is 1. The van der Waals surface area contributed by atoms with Gasteiger partial charge >= 0.3 is 0 Å². The maximum atomic E-state index is 11.7. The SMILES string of the molecule is O=C(CNc1ccc(Br)cc1Br)N/N=C\c1cccc([N+](=O)[O-])c1. The van der Waals surface area contributed by atoms with Gasteiger partial charge in [0, 0.05) is 32.3 Å². The van der Waals surface area contributed by atoms with E-state index in [2.05, 4.69) is 47.7 Å². The molecule has 0 aliphatic rings. The Bertz CT molecular complexity index is 796. The van der Waals surface area contributed by atoms with E-state index in [1.54, 1.807) is 12.1 Å². The summed E-state index contributed by atoms with van der Waals surface area (Å²) in [5.41, 5.74) is 3.61. The zero-order valence-electron chi connectivity index (χ0n) is 12.2. The first-order valence-corrected chi connectivity index (χ1v) is 8.29. The minimum Gasteiger partial charge on any atom is -0.375 e. The maximum Gasteiger partial charge on any atom is 0.270 e. The Morgan fingerprint density at radius 2 is 2.04 bits per heavy atom. The highest BCUT2D eigenvalue weighted by Gasteiger charge is 2.05. The monoisotopic (exact) mass is 454 g/mol. The van der Waals surface area contributed by atoms with Crippen molar-refractivity contribution in [2.24, 2.45) is 5.10 Å². The number of amides is 1. The van der Waals surface area contributed by atoms with E-state index < -0.39 is 4.92 Å². The molecule has 1 amide bonds. The van der Waals surface area contributed by atoms with Crippen LogP contribution in [-0.4, -0.2) is 23.6 Å². The summed E-state index contributed by atoms with van der Waals surface area (Å²) in [6.45, 7) is 0.0342. The van der Waals surface area contributed by atoms with Crippen molar-refractivity contribution in [2.45, 2.75) is 0 Å². The number of hydrogen-bond acceptors (Lipinski definition) is 5. The first-order valence-electron chi connectivity index (χ1n) is 6.71. The van der Waals surface area contributed by atoms with Gasteiger partial charge in [0.05, 0.1) is 17.7 Å². The average molecular weight is 456 g/mol. The molecule has 2 rings (SSSR count). The minimum absolute atomic E-state index is 0.0342. The molecule has 2 aromatic rings. The fourth-order valence-electron chi connectivity index (χ4n) is 1.75. The number of nitro groups is 1. The molecule has 124 valence electrons. The van der Waals surface area contributed by atoms with Gasteiger partial charge in [0.2, 0.25) is 0 Å². The smallest absolute Gasteiger partial charge is 0.270 e. The molecule has 2 aromatic carbocycles. The summed E-state index contributed by atoms with van der Waals surface area (Å²) in [5, 5.41) is 17.4. The van der Waals surface area contributed by atoms with E-state index in [0.717, 1.165) is 14.6 Å². The zero-order valence-corrected chi connectivity index (χ0v) is 15.4. The number of nitrogens with zero attached hydrogens (tertiary/aromatic N) is 2. The van der Waals surface area contributed by atoms with Crippen molar-refractivity contribution in [3.05, 3.63) is 67.1 Å². The summed E-state index contributed by atoms with van der Waals surface area (Å²) in [5.74, 6) is -0.341. The van der Waals surface area contributed by atoms with Crippen LogP contribution in [0.5, 0.6) is 0 Å². The fourth-order valence-corrected chi connectivity index (χ4v) is 2.93. The van der Waals surface area contributed by atoms with E-state index in [9.17, 15) is 14.9 Å². The van der Waals surface area contributed by atoms with Crippen LogP contribution >= 0.6 is 31.9 Å². The Kier molecular flexibility index (Phi) is 6.44. The van der Waals surface area contributed by atoms with Crippen LogP contribution in [0.25, 0.3) is 0 Å². The van der Waals surface area contributed by atoms with Crippen molar-refractivity contribution in [1.29, 1.82) is 0 Å². The van der Waals surface area contributed by atoms with Crippen molar-refractivity contribution in [3.63, 3.8) is 0 Å². The summed E-state index contributed by atoms with van der Waals surface area (Å²) in [6, 6.07) is 11.5. The Balaban J connectivity index is 1.86. The maximum absolute atomic E-state index is 11.7. The molecule has 7 nitrogen and oxygen atoms in total. The van der Waals surface area contributed by atoms with Crippen molar-refractivity contribution < 1.29 is 9.72 Å². The number of benzene rings is 2. The third-order valence-electron chi connectivity index (χ3n) is 2.85. The third kappa shape index (κ3) is 5.43. The molecule has 0 aliphatic carbocycles. The van der Waals surface area contributed by atoms with Gasteiger partial charge in [-0.15, -0.1) is 0 Å². The second kappa shape index (κ2) is 8.55. The second-order valence-corrected chi connectivity index (χ2v) is 6.39. The van der Waals surface area contributed by atoms with Crippen molar-refractivity contribution in [3.8, 4) is 0 Å². The van der Waals surface area contributed by atoms with Gasteiger partial charge in [0.1, 0.15) is 0 Å². The topological polar surface area (TPSA) is 96.6 Å². The van der Waals surface area contributed by atoms with Gasteiger partial charge in [-0.05, 0) is 34.1 Å². The number of carbonyl (C=O) groups excluding carboxylic acids is 1. The molecule has 0 aromatic heterocycles. The Morgan fingerprint density at radius 3 is 2.75 bits per heavy atom. The van der Waals surface area contributed by atoms with E-state index in [0.29, 0.717) is 5.56 Å². The van der Waals surface area contributed by atoms with Gasteiger partial charge in [-0.25, -0.2) is 5.43 Å². The molecular weight excluding hydrogens is 444 g/mol. The highest BCUT2D eigenvalue weighted by Crippen LogP contribution is 2.25. The molecular formula is C15H12Br2N4O3. The van der Waals surface area contributed by atoms with Gasteiger partial charge in [-0.1, -0.05) is 28.1 Å². The highest BCUT2D eigenvalue weighted by atomic mass is 79.9. The van der Waals surface area contributed by atoms with Crippen molar-refractivity contribution >= 4 is 55.4 Å². The summed E-state index contributed by atoms with van der Waals surface area (Å²) in [4.78, 5) is 21.9. The van der Waals surface area contributed by atoms with Gasteiger partial charge in [0.25, 0.3) is 11.6 Å². The molecule has 0 unspecified atom stereocenters. The first kappa shape index (κ1) is 18.1. The first-order chi connectivity index (χ1) is 11.5. The molecule has 2 N–H and O–H groups in total. The highest BCUT2D eigenvalue weighted by molar-refractivity contribution is 9.11.